The van der Waals surface area contributed by atoms with Crippen LogP contribution in [0.15, 0.2) is 36.5 Å². The first kappa shape index (κ1) is 24.3. The fourth-order valence-corrected chi connectivity index (χ4v) is 2.67. The number of benzene rings is 1. The number of ether oxygens (including phenoxy) is 1. The van der Waals surface area contributed by atoms with Crippen molar-refractivity contribution in [3.8, 4) is 11.3 Å². The number of amides is 1. The van der Waals surface area contributed by atoms with Crippen molar-refractivity contribution in [2.75, 3.05) is 19.0 Å². The van der Waals surface area contributed by atoms with Crippen LogP contribution in [0, 0.1) is 6.57 Å². The number of anilines is 1. The van der Waals surface area contributed by atoms with E-state index in [-0.39, 0.29) is 6.09 Å². The van der Waals surface area contributed by atoms with Crippen LogP contribution in [0.5, 0.6) is 0 Å². The highest BCUT2D eigenvalue weighted by molar-refractivity contribution is 5.91. The fraction of sp³-hybridized carbons (Fsp3) is 0.455. The van der Waals surface area contributed by atoms with E-state index in [1.165, 1.54) is 7.05 Å². The summed E-state index contributed by atoms with van der Waals surface area (Å²) in [6, 6.07) is 10.2. The third kappa shape index (κ3) is 5.62. The molecule has 1 aromatic carbocycles. The zero-order valence-corrected chi connectivity index (χ0v) is 18.1. The molecule has 1 aromatic heterocycles. The van der Waals surface area contributed by atoms with Crippen LogP contribution in [0.1, 0.15) is 47.1 Å². The van der Waals surface area contributed by atoms with E-state index >= 15 is 0 Å². The summed E-state index contributed by atoms with van der Waals surface area (Å²) in [6.07, 6.45) is 1.71. The zero-order valence-electron chi connectivity index (χ0n) is 18.1. The second kappa shape index (κ2) is 11.1. The van der Waals surface area contributed by atoms with Gasteiger partial charge >= 0.3 is 6.09 Å². The predicted molar refractivity (Wildman–Crippen MR) is 114 cm³/mol. The first-order valence-electron chi connectivity index (χ1n) is 9.30. The summed E-state index contributed by atoms with van der Waals surface area (Å²) < 4.78 is 7.57. The van der Waals surface area contributed by atoms with E-state index in [0.29, 0.717) is 0 Å². The second-order valence-electron chi connectivity index (χ2n) is 5.90. The average molecular weight is 372 g/mol. The SMILES string of the molecule is CC.CC.CN1C(=O)OC(C)(C)c2cc(-c3cccn3C)ccc21.[C-]#[N+]C. The number of rotatable bonds is 1. The molecule has 0 atom stereocenters. The summed E-state index contributed by atoms with van der Waals surface area (Å²) in [5.41, 5.74) is 3.58. The van der Waals surface area contributed by atoms with Crippen molar-refractivity contribution in [1.82, 2.24) is 4.57 Å². The molecule has 3 rings (SSSR count). The molecule has 1 amide bonds. The van der Waals surface area contributed by atoms with Crippen molar-refractivity contribution in [1.29, 1.82) is 0 Å². The van der Waals surface area contributed by atoms with Crippen molar-refractivity contribution in [3.63, 3.8) is 0 Å². The molecular weight excluding hydrogens is 338 g/mol. The number of hydrogen-bond donors (Lipinski definition) is 0. The van der Waals surface area contributed by atoms with Gasteiger partial charge in [-0.2, -0.15) is 0 Å². The Morgan fingerprint density at radius 3 is 2.11 bits per heavy atom. The molecule has 0 spiro atoms. The molecule has 0 N–H and O–H groups in total. The summed E-state index contributed by atoms with van der Waals surface area (Å²) in [5, 5.41) is 0. The molecule has 0 radical (unpaired) electrons. The van der Waals surface area contributed by atoms with Crippen molar-refractivity contribution < 1.29 is 9.53 Å². The Morgan fingerprint density at radius 2 is 1.63 bits per heavy atom. The van der Waals surface area contributed by atoms with Gasteiger partial charge in [0.1, 0.15) is 5.60 Å². The van der Waals surface area contributed by atoms with Gasteiger partial charge < -0.3 is 14.1 Å². The van der Waals surface area contributed by atoms with Gasteiger partial charge in [0, 0.05) is 31.5 Å². The molecule has 0 saturated carbocycles. The van der Waals surface area contributed by atoms with E-state index in [2.05, 4.69) is 21.5 Å². The Hall–Kier alpha value is -2.74. The zero-order chi connectivity index (χ0) is 21.2. The van der Waals surface area contributed by atoms with Crippen LogP contribution in [0.4, 0.5) is 10.5 Å². The summed E-state index contributed by atoms with van der Waals surface area (Å²) >= 11 is 0. The summed E-state index contributed by atoms with van der Waals surface area (Å²) in [5.74, 6) is 0. The molecule has 27 heavy (non-hydrogen) atoms. The van der Waals surface area contributed by atoms with E-state index < -0.39 is 5.60 Å². The Bertz CT molecular complexity index is 770. The number of carbonyl (C=O) groups excluding carboxylic acids is 1. The van der Waals surface area contributed by atoms with Crippen molar-refractivity contribution >= 4 is 11.8 Å². The maximum absolute atomic E-state index is 11.8. The first-order chi connectivity index (χ1) is 12.8. The minimum Gasteiger partial charge on any atom is -0.438 e. The molecule has 1 aliphatic rings. The molecule has 0 saturated heterocycles. The third-order valence-electron chi connectivity index (χ3n) is 3.86. The highest BCUT2D eigenvalue weighted by Gasteiger charge is 2.36. The number of aromatic nitrogens is 1. The lowest BCUT2D eigenvalue weighted by atomic mass is 9.92. The molecule has 148 valence electrons. The third-order valence-corrected chi connectivity index (χ3v) is 3.86. The molecule has 5 heteroatoms. The molecular formula is C22H33N3O2. The molecule has 1 aliphatic heterocycles. The van der Waals surface area contributed by atoms with Crippen LogP contribution in [0.3, 0.4) is 0 Å². The van der Waals surface area contributed by atoms with Crippen LogP contribution in [0.25, 0.3) is 16.1 Å². The molecule has 5 nitrogen and oxygen atoms in total. The van der Waals surface area contributed by atoms with Gasteiger partial charge in [0.2, 0.25) is 7.05 Å². The van der Waals surface area contributed by atoms with Crippen LogP contribution in [0.2, 0.25) is 0 Å². The van der Waals surface area contributed by atoms with Crippen molar-refractivity contribution in [2.45, 2.75) is 47.1 Å². The highest BCUT2D eigenvalue weighted by Crippen LogP contribution is 2.40. The fourth-order valence-electron chi connectivity index (χ4n) is 2.67. The Labute approximate surface area is 164 Å². The normalized spacial score (nSPS) is 13.2. The van der Waals surface area contributed by atoms with E-state index in [1.807, 2.05) is 73.0 Å². The lowest BCUT2D eigenvalue weighted by Crippen LogP contribution is -2.41. The Morgan fingerprint density at radius 1 is 1.07 bits per heavy atom. The topological polar surface area (TPSA) is 38.8 Å². The highest BCUT2D eigenvalue weighted by atomic mass is 16.6. The van der Waals surface area contributed by atoms with Gasteiger partial charge in [-0.1, -0.05) is 33.8 Å². The number of nitrogens with zero attached hydrogens (tertiary/aromatic N) is 3. The van der Waals surface area contributed by atoms with Crippen LogP contribution < -0.4 is 4.90 Å². The van der Waals surface area contributed by atoms with Crippen molar-refractivity contribution in [3.05, 3.63) is 53.5 Å². The van der Waals surface area contributed by atoms with Gasteiger partial charge in [0.15, 0.2) is 0 Å². The minimum absolute atomic E-state index is 0.311. The number of aryl methyl sites for hydroxylation is 1. The lowest BCUT2D eigenvalue weighted by Gasteiger charge is -2.37. The standard InChI is InChI=1S/C16H18N2O2.C2H3N.2C2H6/c1-16(2)12-10-11(13-6-5-9-17(13)3)7-8-14(12)18(4)15(19)20-16;1-3-2;2*1-2/h5-10H,1-4H3;1H3;2*1-2H3. The summed E-state index contributed by atoms with van der Waals surface area (Å²) in [7, 11) is 5.17. The first-order valence-corrected chi connectivity index (χ1v) is 9.30. The lowest BCUT2D eigenvalue weighted by molar-refractivity contribution is 0.0362. The van der Waals surface area contributed by atoms with Gasteiger partial charge in [-0.15, -0.1) is 0 Å². The number of carbonyl (C=O) groups is 1. The van der Waals surface area contributed by atoms with E-state index in [1.54, 1.807) is 11.9 Å². The van der Waals surface area contributed by atoms with Gasteiger partial charge in [0.05, 0.1) is 5.69 Å². The van der Waals surface area contributed by atoms with Crippen LogP contribution >= 0.6 is 0 Å². The van der Waals surface area contributed by atoms with Gasteiger partial charge in [0.25, 0.3) is 0 Å². The monoisotopic (exact) mass is 371 g/mol. The van der Waals surface area contributed by atoms with Gasteiger partial charge in [-0.05, 0) is 43.7 Å². The largest absolute Gasteiger partial charge is 0.438 e. The predicted octanol–water partition coefficient (Wildman–Crippen LogP) is 6.10. The molecule has 0 fully saturated rings. The Balaban J connectivity index is 0.000000860. The molecule has 2 heterocycles. The summed E-state index contributed by atoms with van der Waals surface area (Å²) in [6.45, 7) is 17.7. The molecule has 0 unspecified atom stereocenters. The minimum atomic E-state index is -0.611. The van der Waals surface area contributed by atoms with E-state index in [4.69, 9.17) is 11.3 Å². The quantitative estimate of drug-likeness (QED) is 0.568. The molecule has 0 bridgehead atoms. The maximum atomic E-state index is 11.8. The number of hydrogen-bond acceptors (Lipinski definition) is 2. The summed E-state index contributed by atoms with van der Waals surface area (Å²) in [4.78, 5) is 16.1. The molecule has 0 aliphatic carbocycles. The van der Waals surface area contributed by atoms with Gasteiger partial charge in [-0.25, -0.2) is 11.4 Å². The average Bonchev–Trinajstić information content (AvgIpc) is 3.09. The van der Waals surface area contributed by atoms with Crippen LogP contribution in [-0.2, 0) is 17.4 Å². The smallest absolute Gasteiger partial charge is 0.414 e. The second-order valence-corrected chi connectivity index (χ2v) is 5.90. The Kier molecular flexibility index (Phi) is 9.95. The molecule has 2 aromatic rings. The number of cyclic esters (lactones) is 1. The number of fused-ring (bicyclic) bond motifs is 1. The van der Waals surface area contributed by atoms with E-state index in [0.717, 1.165) is 22.5 Å². The van der Waals surface area contributed by atoms with E-state index in [9.17, 15) is 4.79 Å². The maximum Gasteiger partial charge on any atom is 0.414 e. The van der Waals surface area contributed by atoms with Crippen molar-refractivity contribution in [2.24, 2.45) is 7.05 Å². The van der Waals surface area contributed by atoms with Gasteiger partial charge in [-0.3, -0.25) is 4.90 Å². The van der Waals surface area contributed by atoms with Crippen LogP contribution in [-0.4, -0.2) is 24.8 Å².